The largest absolute Gasteiger partial charge is 0.332 e. The van der Waals surface area contributed by atoms with Crippen molar-refractivity contribution in [3.05, 3.63) is 42.5 Å². The van der Waals surface area contributed by atoms with Gasteiger partial charge in [0.05, 0.1) is 0 Å². The van der Waals surface area contributed by atoms with E-state index in [1.165, 1.54) is 0 Å². The monoisotopic (exact) mass is 233 g/mol. The van der Waals surface area contributed by atoms with Gasteiger partial charge >= 0.3 is 0 Å². The minimum absolute atomic E-state index is 0.0933. The Kier molecular flexibility index (Phi) is 3.34. The van der Waals surface area contributed by atoms with Crippen molar-refractivity contribution in [3.63, 3.8) is 0 Å². The molecule has 2 nitrogen and oxygen atoms in total. The molecule has 1 aliphatic rings. The summed E-state index contributed by atoms with van der Waals surface area (Å²) in [7, 11) is 0. The highest BCUT2D eigenvalue weighted by Gasteiger charge is 2.31. The summed E-state index contributed by atoms with van der Waals surface area (Å²) in [5.74, 6) is 0.0933. The third kappa shape index (κ3) is 2.47. The fourth-order valence-corrected chi connectivity index (χ4v) is 1.84. The standard InChI is InChI=1S/C13H15NOS/c1-2-9-14(11-5-6-11)13(15)10-3-7-12(16)8-4-10/h2-4,7-8,11,16H,1,5-6,9H2. The molecule has 1 saturated carbocycles. The smallest absolute Gasteiger partial charge is 0.254 e. The average molecular weight is 233 g/mol. The Morgan fingerprint density at radius 2 is 2.06 bits per heavy atom. The molecule has 2 rings (SSSR count). The van der Waals surface area contributed by atoms with Gasteiger partial charge in [-0.1, -0.05) is 6.08 Å². The molecular formula is C13H15NOS. The SMILES string of the molecule is C=CCN(C(=O)c1ccc(S)cc1)C1CC1. The van der Waals surface area contributed by atoms with Crippen LogP contribution in [0, 0.1) is 0 Å². The van der Waals surface area contributed by atoms with Crippen molar-refractivity contribution in [2.24, 2.45) is 0 Å². The minimum Gasteiger partial charge on any atom is -0.332 e. The topological polar surface area (TPSA) is 20.3 Å². The second-order valence-corrected chi connectivity index (χ2v) is 4.54. The molecular weight excluding hydrogens is 218 g/mol. The van der Waals surface area contributed by atoms with Crippen molar-refractivity contribution in [1.29, 1.82) is 0 Å². The summed E-state index contributed by atoms with van der Waals surface area (Å²) in [6.07, 6.45) is 4.01. The molecule has 0 aromatic heterocycles. The van der Waals surface area contributed by atoms with Gasteiger partial charge in [-0.25, -0.2) is 0 Å². The second-order valence-electron chi connectivity index (χ2n) is 4.02. The molecule has 0 unspecified atom stereocenters. The van der Waals surface area contributed by atoms with Crippen LogP contribution in [0.25, 0.3) is 0 Å². The number of hydrogen-bond donors (Lipinski definition) is 1. The van der Waals surface area contributed by atoms with E-state index in [1.807, 2.05) is 29.2 Å². The predicted octanol–water partition coefficient (Wildman–Crippen LogP) is 2.77. The van der Waals surface area contributed by atoms with Crippen LogP contribution in [0.4, 0.5) is 0 Å². The van der Waals surface area contributed by atoms with Crippen LogP contribution in [-0.4, -0.2) is 23.4 Å². The highest BCUT2D eigenvalue weighted by atomic mass is 32.1. The van der Waals surface area contributed by atoms with Crippen LogP contribution in [0.2, 0.25) is 0 Å². The van der Waals surface area contributed by atoms with Gasteiger partial charge in [-0.05, 0) is 37.1 Å². The van der Waals surface area contributed by atoms with E-state index in [-0.39, 0.29) is 5.91 Å². The normalized spacial score (nSPS) is 14.6. The lowest BCUT2D eigenvalue weighted by molar-refractivity contribution is 0.0762. The van der Waals surface area contributed by atoms with Crippen LogP contribution in [-0.2, 0) is 0 Å². The lowest BCUT2D eigenvalue weighted by Gasteiger charge is -2.20. The van der Waals surface area contributed by atoms with Gasteiger partial charge < -0.3 is 4.90 Å². The Bertz CT molecular complexity index is 395. The van der Waals surface area contributed by atoms with Crippen molar-refractivity contribution in [1.82, 2.24) is 4.90 Å². The number of hydrogen-bond acceptors (Lipinski definition) is 2. The first-order chi connectivity index (χ1) is 7.72. The molecule has 1 aliphatic carbocycles. The predicted molar refractivity (Wildman–Crippen MR) is 67.9 cm³/mol. The Hall–Kier alpha value is -1.22. The van der Waals surface area contributed by atoms with Crippen LogP contribution in [0.1, 0.15) is 23.2 Å². The molecule has 1 amide bonds. The van der Waals surface area contributed by atoms with Crippen LogP contribution >= 0.6 is 12.6 Å². The third-order valence-electron chi connectivity index (χ3n) is 2.69. The number of rotatable bonds is 4. The van der Waals surface area contributed by atoms with Crippen molar-refractivity contribution in [2.45, 2.75) is 23.8 Å². The van der Waals surface area contributed by atoms with E-state index in [1.54, 1.807) is 6.08 Å². The number of amides is 1. The Balaban J connectivity index is 2.15. The Morgan fingerprint density at radius 1 is 1.44 bits per heavy atom. The molecule has 3 heteroatoms. The number of thiol groups is 1. The maximum Gasteiger partial charge on any atom is 0.254 e. The van der Waals surface area contributed by atoms with E-state index in [4.69, 9.17) is 0 Å². The molecule has 0 saturated heterocycles. The van der Waals surface area contributed by atoms with E-state index in [2.05, 4.69) is 19.2 Å². The van der Waals surface area contributed by atoms with Gasteiger partial charge in [0.15, 0.2) is 0 Å². The molecule has 1 fully saturated rings. The lowest BCUT2D eigenvalue weighted by atomic mass is 10.2. The first kappa shape index (κ1) is 11.3. The Labute approximate surface area is 101 Å². The van der Waals surface area contributed by atoms with Crippen molar-refractivity contribution < 1.29 is 4.79 Å². The summed E-state index contributed by atoms with van der Waals surface area (Å²) in [6.45, 7) is 4.33. The summed E-state index contributed by atoms with van der Waals surface area (Å²) < 4.78 is 0. The summed E-state index contributed by atoms with van der Waals surface area (Å²) in [4.78, 5) is 14.9. The van der Waals surface area contributed by atoms with Crippen LogP contribution in [0.15, 0.2) is 41.8 Å². The third-order valence-corrected chi connectivity index (χ3v) is 2.99. The molecule has 0 heterocycles. The molecule has 0 N–H and O–H groups in total. The van der Waals surface area contributed by atoms with E-state index < -0.39 is 0 Å². The highest BCUT2D eigenvalue weighted by molar-refractivity contribution is 7.80. The summed E-state index contributed by atoms with van der Waals surface area (Å²) >= 11 is 4.21. The summed E-state index contributed by atoms with van der Waals surface area (Å²) in [6, 6.07) is 7.75. The van der Waals surface area contributed by atoms with Crippen molar-refractivity contribution >= 4 is 18.5 Å². The van der Waals surface area contributed by atoms with Gasteiger partial charge in [-0.2, -0.15) is 0 Å². The zero-order chi connectivity index (χ0) is 11.5. The van der Waals surface area contributed by atoms with Crippen molar-refractivity contribution in [3.8, 4) is 0 Å². The fourth-order valence-electron chi connectivity index (χ4n) is 1.69. The Morgan fingerprint density at radius 3 is 2.56 bits per heavy atom. The van der Waals surface area contributed by atoms with Crippen molar-refractivity contribution in [2.75, 3.05) is 6.54 Å². The zero-order valence-corrected chi connectivity index (χ0v) is 9.99. The van der Waals surface area contributed by atoms with Gasteiger partial charge in [-0.3, -0.25) is 4.79 Å². The number of carbonyl (C=O) groups excluding carboxylic acids is 1. The summed E-state index contributed by atoms with van der Waals surface area (Å²) in [5.41, 5.74) is 0.728. The van der Waals surface area contributed by atoms with Gasteiger partial charge in [0.25, 0.3) is 5.91 Å². The maximum atomic E-state index is 12.2. The van der Waals surface area contributed by atoms with E-state index in [9.17, 15) is 4.79 Å². The number of carbonyl (C=O) groups is 1. The lowest BCUT2D eigenvalue weighted by Crippen LogP contribution is -2.33. The fraction of sp³-hybridized carbons (Fsp3) is 0.308. The molecule has 0 spiro atoms. The summed E-state index contributed by atoms with van der Waals surface area (Å²) in [5, 5.41) is 0. The molecule has 0 bridgehead atoms. The maximum absolute atomic E-state index is 12.2. The molecule has 0 aliphatic heterocycles. The number of benzene rings is 1. The molecule has 1 aromatic carbocycles. The van der Waals surface area contributed by atoms with E-state index >= 15 is 0 Å². The molecule has 16 heavy (non-hydrogen) atoms. The van der Waals surface area contributed by atoms with Crippen LogP contribution in [0.3, 0.4) is 0 Å². The van der Waals surface area contributed by atoms with E-state index in [0.717, 1.165) is 23.3 Å². The van der Waals surface area contributed by atoms with Crippen LogP contribution < -0.4 is 0 Å². The highest BCUT2D eigenvalue weighted by Crippen LogP contribution is 2.28. The second kappa shape index (κ2) is 4.74. The van der Waals surface area contributed by atoms with Gasteiger partial charge in [-0.15, -0.1) is 19.2 Å². The quantitative estimate of drug-likeness (QED) is 0.626. The molecule has 84 valence electrons. The zero-order valence-electron chi connectivity index (χ0n) is 9.10. The van der Waals surface area contributed by atoms with E-state index in [0.29, 0.717) is 12.6 Å². The molecule has 0 radical (unpaired) electrons. The average Bonchev–Trinajstić information content (AvgIpc) is 3.10. The molecule has 1 aromatic rings. The first-order valence-electron chi connectivity index (χ1n) is 5.43. The van der Waals surface area contributed by atoms with Crippen LogP contribution in [0.5, 0.6) is 0 Å². The van der Waals surface area contributed by atoms with Gasteiger partial charge in [0.2, 0.25) is 0 Å². The minimum atomic E-state index is 0.0933. The molecule has 0 atom stereocenters. The number of nitrogens with zero attached hydrogens (tertiary/aromatic N) is 1. The van der Waals surface area contributed by atoms with Gasteiger partial charge in [0, 0.05) is 23.0 Å². The van der Waals surface area contributed by atoms with Gasteiger partial charge in [0.1, 0.15) is 0 Å². The first-order valence-corrected chi connectivity index (χ1v) is 5.88.